The number of hydrogen-bond donors (Lipinski definition) is 1. The summed E-state index contributed by atoms with van der Waals surface area (Å²) in [6, 6.07) is 22.4. The summed E-state index contributed by atoms with van der Waals surface area (Å²) in [5.74, 6) is 0.0570. The minimum atomic E-state index is -0.288. The molecule has 0 bridgehead atoms. The van der Waals surface area contributed by atoms with Crippen molar-refractivity contribution in [2.45, 2.75) is 26.2 Å². The molecule has 1 aliphatic rings. The lowest BCUT2D eigenvalue weighted by molar-refractivity contribution is 0.453. The standard InChI is InChI=1S/C28H26N2O2/c1-5-30-23(28(2,3)22-16-15-18-11-9-10-14-20(18)24(22)30)17-21-26(31)25(27(21)32)29(4)19-12-7-6-8-13-19/h6-17H,5H2,1-4H3/p+1. The van der Waals surface area contributed by atoms with Gasteiger partial charge in [0, 0.05) is 35.2 Å². The average Bonchev–Trinajstić information content (AvgIpc) is 3.04. The number of likely N-dealkylation sites (N-methyl/N-ethyl adjacent to an activating group) is 1. The fourth-order valence-corrected chi connectivity index (χ4v) is 5.00. The maximum Gasteiger partial charge on any atom is 0.296 e. The molecule has 0 saturated heterocycles. The van der Waals surface area contributed by atoms with Crippen LogP contribution >= 0.6 is 0 Å². The monoisotopic (exact) mass is 423 g/mol. The Morgan fingerprint density at radius 3 is 2.38 bits per heavy atom. The average molecular weight is 424 g/mol. The Morgan fingerprint density at radius 1 is 1.00 bits per heavy atom. The van der Waals surface area contributed by atoms with Crippen LogP contribution in [0.15, 0.2) is 77.2 Å². The molecule has 0 radical (unpaired) electrons. The first kappa shape index (κ1) is 20.3. The van der Waals surface area contributed by atoms with Gasteiger partial charge < -0.3 is 10.0 Å². The van der Waals surface area contributed by atoms with Crippen LogP contribution in [0, 0.1) is 0 Å². The SMILES string of the molecule is CCN1C(=Cc2c(O)c(=[N+](C)c3ccccc3)c2=O)C(C)(C)c2ccc3ccccc3c21. The lowest BCUT2D eigenvalue weighted by atomic mass is 9.82. The van der Waals surface area contributed by atoms with E-state index in [0.717, 1.165) is 17.9 Å². The Hall–Kier alpha value is -3.66. The summed E-state index contributed by atoms with van der Waals surface area (Å²) in [7, 11) is 1.81. The van der Waals surface area contributed by atoms with Crippen molar-refractivity contribution in [3.63, 3.8) is 0 Å². The van der Waals surface area contributed by atoms with Gasteiger partial charge in [0.1, 0.15) is 7.05 Å². The van der Waals surface area contributed by atoms with Crippen molar-refractivity contribution in [3.8, 4) is 5.75 Å². The molecule has 1 heterocycles. The summed E-state index contributed by atoms with van der Waals surface area (Å²) in [6.07, 6.45) is 1.89. The number of anilines is 1. The molecule has 0 amide bonds. The predicted octanol–water partition coefficient (Wildman–Crippen LogP) is 4.67. The van der Waals surface area contributed by atoms with Crippen LogP contribution in [0.4, 0.5) is 11.4 Å². The molecule has 1 N–H and O–H groups in total. The molecule has 4 nitrogen and oxygen atoms in total. The Labute approximate surface area is 187 Å². The van der Waals surface area contributed by atoms with E-state index in [1.54, 1.807) is 4.58 Å². The summed E-state index contributed by atoms with van der Waals surface area (Å²) in [6.45, 7) is 7.27. The van der Waals surface area contributed by atoms with Crippen molar-refractivity contribution >= 4 is 28.2 Å². The maximum absolute atomic E-state index is 13.1. The second-order valence-corrected chi connectivity index (χ2v) is 8.92. The first-order chi connectivity index (χ1) is 15.4. The van der Waals surface area contributed by atoms with Crippen molar-refractivity contribution < 1.29 is 5.11 Å². The summed E-state index contributed by atoms with van der Waals surface area (Å²) in [4.78, 5) is 15.4. The van der Waals surface area contributed by atoms with E-state index < -0.39 is 0 Å². The van der Waals surface area contributed by atoms with Gasteiger partial charge in [0.05, 0.1) is 11.3 Å². The Balaban J connectivity index is 1.69. The van der Waals surface area contributed by atoms with Gasteiger partial charge in [0.15, 0.2) is 0 Å². The summed E-state index contributed by atoms with van der Waals surface area (Å²) < 4.78 is 1.75. The highest BCUT2D eigenvalue weighted by molar-refractivity contribution is 6.00. The van der Waals surface area contributed by atoms with Crippen molar-refractivity contribution in [1.82, 2.24) is 4.58 Å². The van der Waals surface area contributed by atoms with Gasteiger partial charge in [-0.05, 0) is 23.9 Å². The fraction of sp³-hybridized carbons (Fsp3) is 0.214. The number of benzene rings is 3. The smallest absolute Gasteiger partial charge is 0.296 e. The molecule has 0 atom stereocenters. The second-order valence-electron chi connectivity index (χ2n) is 8.92. The van der Waals surface area contributed by atoms with E-state index in [-0.39, 0.29) is 16.6 Å². The molecule has 4 aromatic rings. The Bertz CT molecular complexity index is 1470. The molecule has 4 aromatic carbocycles. The van der Waals surface area contributed by atoms with Crippen LogP contribution in [0.1, 0.15) is 31.9 Å². The Kier molecular flexibility index (Phi) is 4.55. The summed E-state index contributed by atoms with van der Waals surface area (Å²) >= 11 is 0. The lowest BCUT2D eigenvalue weighted by Crippen LogP contribution is -2.43. The van der Waals surface area contributed by atoms with Crippen LogP contribution in [0.3, 0.4) is 0 Å². The molecule has 0 aliphatic carbocycles. The first-order valence-corrected chi connectivity index (χ1v) is 11.0. The van der Waals surface area contributed by atoms with E-state index in [1.807, 2.05) is 43.5 Å². The van der Waals surface area contributed by atoms with E-state index in [2.05, 4.69) is 62.1 Å². The van der Waals surface area contributed by atoms with Crippen LogP contribution in [0.2, 0.25) is 0 Å². The normalized spacial score (nSPS) is 17.2. The quantitative estimate of drug-likeness (QED) is 0.487. The molecule has 160 valence electrons. The third-order valence-electron chi connectivity index (χ3n) is 6.79. The molecule has 0 fully saturated rings. The second kappa shape index (κ2) is 7.20. The number of rotatable bonds is 3. The number of allylic oxidation sites excluding steroid dienone is 1. The predicted molar refractivity (Wildman–Crippen MR) is 132 cm³/mol. The van der Waals surface area contributed by atoms with Gasteiger partial charge in [-0.25, -0.2) is 0 Å². The van der Waals surface area contributed by atoms with Crippen LogP contribution in [-0.2, 0) is 5.41 Å². The molecule has 0 saturated carbocycles. The summed E-state index contributed by atoms with van der Waals surface area (Å²) in [5, 5.41) is 13.6. The van der Waals surface area contributed by atoms with E-state index in [4.69, 9.17) is 0 Å². The highest BCUT2D eigenvalue weighted by Gasteiger charge is 2.41. The lowest BCUT2D eigenvalue weighted by Gasteiger charge is -2.26. The van der Waals surface area contributed by atoms with Crippen molar-refractivity contribution in [3.05, 3.63) is 99.1 Å². The summed E-state index contributed by atoms with van der Waals surface area (Å²) in [5.41, 5.74) is 4.29. The van der Waals surface area contributed by atoms with Crippen LogP contribution < -0.4 is 20.3 Å². The molecule has 1 aliphatic heterocycles. The molecule has 0 aromatic heterocycles. The maximum atomic E-state index is 13.1. The zero-order valence-electron chi connectivity index (χ0n) is 18.9. The van der Waals surface area contributed by atoms with Crippen LogP contribution in [0.5, 0.6) is 5.75 Å². The third kappa shape index (κ3) is 2.76. The number of fused-ring (bicyclic) bond motifs is 3. The van der Waals surface area contributed by atoms with E-state index in [9.17, 15) is 9.90 Å². The van der Waals surface area contributed by atoms with Gasteiger partial charge in [-0.1, -0.05) is 68.4 Å². The molecular formula is C28H27N2O2+. The minimum Gasteiger partial charge on any atom is -0.502 e. The Morgan fingerprint density at radius 2 is 1.69 bits per heavy atom. The topological polar surface area (TPSA) is 43.5 Å². The number of nitrogens with zero attached hydrogens (tertiary/aromatic N) is 2. The zero-order chi connectivity index (χ0) is 22.6. The number of para-hydroxylation sites is 1. The van der Waals surface area contributed by atoms with Crippen molar-refractivity contribution in [2.75, 3.05) is 18.5 Å². The van der Waals surface area contributed by atoms with Crippen molar-refractivity contribution in [2.24, 2.45) is 0 Å². The molecule has 32 heavy (non-hydrogen) atoms. The molecular weight excluding hydrogens is 396 g/mol. The van der Waals surface area contributed by atoms with Gasteiger partial charge in [-0.15, -0.1) is 0 Å². The van der Waals surface area contributed by atoms with E-state index in [1.165, 1.54) is 22.0 Å². The van der Waals surface area contributed by atoms with Crippen molar-refractivity contribution in [1.29, 1.82) is 0 Å². The van der Waals surface area contributed by atoms with E-state index >= 15 is 0 Å². The molecule has 4 heteroatoms. The van der Waals surface area contributed by atoms with Gasteiger partial charge in [0.25, 0.3) is 10.8 Å². The highest BCUT2D eigenvalue weighted by Crippen LogP contribution is 2.51. The highest BCUT2D eigenvalue weighted by atomic mass is 16.3. The van der Waals surface area contributed by atoms with Gasteiger partial charge >= 0.3 is 0 Å². The molecule has 0 unspecified atom stereocenters. The zero-order valence-corrected chi connectivity index (χ0v) is 18.9. The van der Waals surface area contributed by atoms with Gasteiger partial charge in [0.2, 0.25) is 11.4 Å². The minimum absolute atomic E-state index is 0.0570. The van der Waals surface area contributed by atoms with Gasteiger partial charge in [-0.3, -0.25) is 4.79 Å². The molecule has 0 spiro atoms. The number of hydrogen-bond acceptors (Lipinski definition) is 3. The fourth-order valence-electron chi connectivity index (χ4n) is 5.00. The third-order valence-corrected chi connectivity index (χ3v) is 6.79. The number of aromatic hydroxyl groups is 1. The largest absolute Gasteiger partial charge is 0.502 e. The van der Waals surface area contributed by atoms with Crippen LogP contribution in [-0.4, -0.2) is 18.7 Å². The van der Waals surface area contributed by atoms with E-state index in [0.29, 0.717) is 10.9 Å². The van der Waals surface area contributed by atoms with Crippen LogP contribution in [0.25, 0.3) is 16.8 Å². The molecule has 5 rings (SSSR count). The van der Waals surface area contributed by atoms with Gasteiger partial charge in [-0.2, -0.15) is 4.58 Å². The first-order valence-electron chi connectivity index (χ1n) is 11.0.